The normalized spacial score (nSPS) is 22.2. The standard InChI is InChI=1S/C17H23FN2O3/c1-3-23-17(22)13-8-10-20(11-9-13)12(2)16(21)19-15-7-5-4-6-14(15)18/h4-7,12-13H,3,8-11H2,1-2H3,(H,19,21)/p+1/t12-/m0/s1. The van der Waals surface area contributed by atoms with E-state index in [4.69, 9.17) is 4.74 Å². The van der Waals surface area contributed by atoms with Gasteiger partial charge >= 0.3 is 5.97 Å². The van der Waals surface area contributed by atoms with E-state index < -0.39 is 5.82 Å². The molecule has 0 aliphatic carbocycles. The number of anilines is 1. The summed E-state index contributed by atoms with van der Waals surface area (Å²) in [6.45, 7) is 5.49. The molecule has 2 rings (SSSR count). The zero-order valence-electron chi connectivity index (χ0n) is 13.6. The lowest BCUT2D eigenvalue weighted by molar-refractivity contribution is -0.919. The van der Waals surface area contributed by atoms with Gasteiger partial charge in [-0.2, -0.15) is 0 Å². The molecule has 1 aliphatic rings. The second-order valence-corrected chi connectivity index (χ2v) is 5.88. The van der Waals surface area contributed by atoms with Gasteiger partial charge in [-0.1, -0.05) is 12.1 Å². The highest BCUT2D eigenvalue weighted by molar-refractivity contribution is 5.93. The van der Waals surface area contributed by atoms with Crippen molar-refractivity contribution in [3.05, 3.63) is 30.1 Å². The number of quaternary nitrogens is 1. The van der Waals surface area contributed by atoms with Crippen LogP contribution in [0.2, 0.25) is 0 Å². The minimum absolute atomic E-state index is 0.0690. The lowest BCUT2D eigenvalue weighted by Gasteiger charge is -2.31. The van der Waals surface area contributed by atoms with E-state index in [9.17, 15) is 14.0 Å². The SMILES string of the molecule is CCOC(=O)C1CC[NH+]([C@@H](C)C(=O)Nc2ccccc2F)CC1. The van der Waals surface area contributed by atoms with Gasteiger partial charge in [-0.15, -0.1) is 0 Å². The van der Waals surface area contributed by atoms with E-state index in [1.54, 1.807) is 25.1 Å². The molecule has 5 nitrogen and oxygen atoms in total. The summed E-state index contributed by atoms with van der Waals surface area (Å²) in [5.74, 6) is -0.862. The smallest absolute Gasteiger partial charge is 0.309 e. The molecule has 1 aliphatic heterocycles. The maximum absolute atomic E-state index is 13.6. The summed E-state index contributed by atoms with van der Waals surface area (Å²) in [4.78, 5) is 25.1. The first-order valence-electron chi connectivity index (χ1n) is 8.09. The van der Waals surface area contributed by atoms with Crippen LogP contribution in [0.3, 0.4) is 0 Å². The topological polar surface area (TPSA) is 59.8 Å². The van der Waals surface area contributed by atoms with Crippen molar-refractivity contribution in [2.45, 2.75) is 32.7 Å². The van der Waals surface area contributed by atoms with Crippen molar-refractivity contribution < 1.29 is 23.6 Å². The quantitative estimate of drug-likeness (QED) is 0.795. The Kier molecular flexibility index (Phi) is 6.10. The maximum Gasteiger partial charge on any atom is 0.309 e. The molecule has 0 aromatic heterocycles. The number of halogens is 1. The number of piperidine rings is 1. The van der Waals surface area contributed by atoms with E-state index in [-0.39, 0.29) is 29.5 Å². The van der Waals surface area contributed by atoms with Crippen molar-refractivity contribution in [1.29, 1.82) is 0 Å². The maximum atomic E-state index is 13.6. The fraction of sp³-hybridized carbons (Fsp3) is 0.529. The highest BCUT2D eigenvalue weighted by atomic mass is 19.1. The molecule has 1 aromatic rings. The molecule has 2 N–H and O–H groups in total. The van der Waals surface area contributed by atoms with Gasteiger partial charge in [-0.25, -0.2) is 4.39 Å². The number of rotatable bonds is 5. The van der Waals surface area contributed by atoms with Crippen molar-refractivity contribution in [2.75, 3.05) is 25.0 Å². The predicted octanol–water partition coefficient (Wildman–Crippen LogP) is 1.01. The van der Waals surface area contributed by atoms with E-state index >= 15 is 0 Å². The van der Waals surface area contributed by atoms with Crippen LogP contribution in [0, 0.1) is 11.7 Å². The average molecular weight is 323 g/mol. The lowest BCUT2D eigenvalue weighted by Crippen LogP contribution is -3.17. The number of para-hydroxylation sites is 1. The molecule has 126 valence electrons. The summed E-state index contributed by atoms with van der Waals surface area (Å²) in [6, 6.07) is 5.83. The molecule has 1 aromatic carbocycles. The van der Waals surface area contributed by atoms with Crippen LogP contribution in [0.25, 0.3) is 0 Å². The minimum Gasteiger partial charge on any atom is -0.466 e. The van der Waals surface area contributed by atoms with Gasteiger partial charge in [0.1, 0.15) is 5.82 Å². The zero-order chi connectivity index (χ0) is 16.8. The predicted molar refractivity (Wildman–Crippen MR) is 84.5 cm³/mol. The first-order chi connectivity index (χ1) is 11.0. The Labute approximate surface area is 135 Å². The van der Waals surface area contributed by atoms with E-state index in [1.165, 1.54) is 6.07 Å². The van der Waals surface area contributed by atoms with Gasteiger partial charge in [0.25, 0.3) is 5.91 Å². The van der Waals surface area contributed by atoms with Crippen LogP contribution in [0.5, 0.6) is 0 Å². The number of benzene rings is 1. The summed E-state index contributed by atoms with van der Waals surface area (Å²) >= 11 is 0. The van der Waals surface area contributed by atoms with Gasteiger partial charge in [0.15, 0.2) is 6.04 Å². The Morgan fingerprint density at radius 3 is 2.61 bits per heavy atom. The fourth-order valence-electron chi connectivity index (χ4n) is 2.91. The Morgan fingerprint density at radius 2 is 2.00 bits per heavy atom. The van der Waals surface area contributed by atoms with Crippen molar-refractivity contribution in [1.82, 2.24) is 0 Å². The number of nitrogens with one attached hydrogen (secondary N) is 2. The van der Waals surface area contributed by atoms with Gasteiger partial charge < -0.3 is 15.0 Å². The first kappa shape index (κ1) is 17.4. The molecule has 0 saturated carbocycles. The molecule has 23 heavy (non-hydrogen) atoms. The number of carbonyl (C=O) groups excluding carboxylic acids is 2. The molecule has 1 saturated heterocycles. The Balaban J connectivity index is 1.87. The number of esters is 1. The molecule has 0 bridgehead atoms. The van der Waals surface area contributed by atoms with Crippen LogP contribution in [-0.2, 0) is 14.3 Å². The van der Waals surface area contributed by atoms with Crippen molar-refractivity contribution in [2.24, 2.45) is 5.92 Å². The summed E-state index contributed by atoms with van der Waals surface area (Å²) in [6.07, 6.45) is 1.43. The molecule has 1 atom stereocenters. The minimum atomic E-state index is -0.441. The van der Waals surface area contributed by atoms with Crippen molar-refractivity contribution in [3.8, 4) is 0 Å². The van der Waals surface area contributed by atoms with Crippen LogP contribution < -0.4 is 10.2 Å². The van der Waals surface area contributed by atoms with Crippen LogP contribution in [0.15, 0.2) is 24.3 Å². The Morgan fingerprint density at radius 1 is 1.35 bits per heavy atom. The summed E-state index contributed by atoms with van der Waals surface area (Å²) in [5.41, 5.74) is 0.199. The summed E-state index contributed by atoms with van der Waals surface area (Å²) in [7, 11) is 0. The zero-order valence-corrected chi connectivity index (χ0v) is 13.6. The number of likely N-dealkylation sites (tertiary alicyclic amines) is 1. The third-order valence-corrected chi connectivity index (χ3v) is 4.39. The number of ether oxygens (including phenoxy) is 1. The molecule has 0 unspecified atom stereocenters. The van der Waals surface area contributed by atoms with Crippen LogP contribution >= 0.6 is 0 Å². The molecule has 0 spiro atoms. The number of hydrogen-bond acceptors (Lipinski definition) is 3. The van der Waals surface area contributed by atoms with E-state index in [2.05, 4.69) is 5.32 Å². The molecule has 6 heteroatoms. The Hall–Kier alpha value is -1.95. The molecule has 1 amide bonds. The molecule has 1 heterocycles. The molecular weight excluding hydrogens is 299 g/mol. The average Bonchev–Trinajstić information content (AvgIpc) is 2.56. The summed E-state index contributed by atoms with van der Waals surface area (Å²) in [5, 5.41) is 2.64. The summed E-state index contributed by atoms with van der Waals surface area (Å²) < 4.78 is 18.6. The molecule has 1 fully saturated rings. The van der Waals surface area contributed by atoms with Gasteiger partial charge in [-0.3, -0.25) is 9.59 Å². The van der Waals surface area contributed by atoms with E-state index in [1.807, 2.05) is 6.92 Å². The van der Waals surface area contributed by atoms with Gasteiger partial charge in [0, 0.05) is 12.8 Å². The molecular formula is C17H24FN2O3+. The van der Waals surface area contributed by atoms with Crippen LogP contribution in [0.4, 0.5) is 10.1 Å². The third kappa shape index (κ3) is 4.51. The largest absolute Gasteiger partial charge is 0.466 e. The lowest BCUT2D eigenvalue weighted by atomic mass is 9.96. The highest BCUT2D eigenvalue weighted by Crippen LogP contribution is 2.14. The van der Waals surface area contributed by atoms with Crippen molar-refractivity contribution >= 4 is 17.6 Å². The van der Waals surface area contributed by atoms with Gasteiger partial charge in [0.05, 0.1) is 31.3 Å². The monoisotopic (exact) mass is 323 g/mol. The Bertz CT molecular complexity index is 557. The number of hydrogen-bond donors (Lipinski definition) is 2. The van der Waals surface area contributed by atoms with Gasteiger partial charge in [0.2, 0.25) is 0 Å². The van der Waals surface area contributed by atoms with E-state index in [0.29, 0.717) is 19.4 Å². The van der Waals surface area contributed by atoms with Crippen LogP contribution in [-0.4, -0.2) is 37.6 Å². The van der Waals surface area contributed by atoms with Crippen LogP contribution in [0.1, 0.15) is 26.7 Å². The highest BCUT2D eigenvalue weighted by Gasteiger charge is 2.33. The third-order valence-electron chi connectivity index (χ3n) is 4.39. The second-order valence-electron chi connectivity index (χ2n) is 5.88. The number of amides is 1. The van der Waals surface area contributed by atoms with E-state index in [0.717, 1.165) is 18.0 Å². The van der Waals surface area contributed by atoms with Gasteiger partial charge in [-0.05, 0) is 26.0 Å². The first-order valence-corrected chi connectivity index (χ1v) is 8.09. The molecule has 0 radical (unpaired) electrons. The second kappa shape index (κ2) is 8.06. The fourth-order valence-corrected chi connectivity index (χ4v) is 2.91. The number of carbonyl (C=O) groups is 2. The van der Waals surface area contributed by atoms with Crippen molar-refractivity contribution in [3.63, 3.8) is 0 Å².